The molecule has 1 amide bonds. The molecule has 0 unspecified atom stereocenters. The molecule has 0 saturated heterocycles. The van der Waals surface area contributed by atoms with Crippen molar-refractivity contribution >= 4 is 22.8 Å². The first-order valence-electron chi connectivity index (χ1n) is 8.53. The van der Waals surface area contributed by atoms with Crippen molar-refractivity contribution in [3.63, 3.8) is 0 Å². The highest BCUT2D eigenvalue weighted by molar-refractivity contribution is 5.96. The molecule has 0 bridgehead atoms. The zero-order chi connectivity index (χ0) is 18.5. The molecule has 0 fully saturated rings. The van der Waals surface area contributed by atoms with Gasteiger partial charge in [-0.25, -0.2) is 9.37 Å². The first-order valence-corrected chi connectivity index (χ1v) is 8.53. The fraction of sp³-hybridized carbons (Fsp3) is 0.158. The number of fused-ring (bicyclic) bond motifs is 2. The second-order valence-corrected chi connectivity index (χ2v) is 6.54. The minimum Gasteiger partial charge on any atom is -0.341 e. The summed E-state index contributed by atoms with van der Waals surface area (Å²) in [6.07, 6.45) is 1.93. The number of rotatable bonds is 2. The van der Waals surface area contributed by atoms with Gasteiger partial charge in [0.25, 0.3) is 0 Å². The Kier molecular flexibility index (Phi) is 3.33. The Hall–Kier alpha value is -3.55. The number of hydrogen-bond donors (Lipinski definition) is 2. The van der Waals surface area contributed by atoms with E-state index in [1.807, 2.05) is 18.2 Å². The zero-order valence-corrected chi connectivity index (χ0v) is 14.4. The SMILES string of the molecule is Cn1nc(-c2ccccn2)c2c1NC(=O)C[C@H]2c1nc2ccc(F)cc2[nH]1. The Morgan fingerprint density at radius 1 is 1.26 bits per heavy atom. The molecule has 134 valence electrons. The molecule has 0 radical (unpaired) electrons. The van der Waals surface area contributed by atoms with Gasteiger partial charge in [0.05, 0.1) is 22.6 Å². The van der Waals surface area contributed by atoms with E-state index in [0.717, 1.165) is 11.3 Å². The van der Waals surface area contributed by atoms with Crippen molar-refractivity contribution < 1.29 is 9.18 Å². The van der Waals surface area contributed by atoms with E-state index in [-0.39, 0.29) is 24.1 Å². The average molecular weight is 362 g/mol. The topological polar surface area (TPSA) is 88.5 Å². The maximum Gasteiger partial charge on any atom is 0.226 e. The summed E-state index contributed by atoms with van der Waals surface area (Å²) in [5, 5.41) is 7.47. The van der Waals surface area contributed by atoms with Crippen LogP contribution >= 0.6 is 0 Å². The molecule has 4 heterocycles. The van der Waals surface area contributed by atoms with Gasteiger partial charge in [-0.15, -0.1) is 0 Å². The van der Waals surface area contributed by atoms with E-state index in [1.165, 1.54) is 12.1 Å². The Balaban J connectivity index is 1.72. The van der Waals surface area contributed by atoms with Crippen LogP contribution in [0.4, 0.5) is 10.2 Å². The van der Waals surface area contributed by atoms with Crippen molar-refractivity contribution in [2.24, 2.45) is 7.05 Å². The van der Waals surface area contributed by atoms with Gasteiger partial charge in [0.15, 0.2) is 0 Å². The van der Waals surface area contributed by atoms with Crippen molar-refractivity contribution in [1.29, 1.82) is 0 Å². The molecule has 8 heteroatoms. The number of nitrogens with zero attached hydrogens (tertiary/aromatic N) is 4. The first-order chi connectivity index (χ1) is 13.1. The molecule has 5 rings (SSSR count). The van der Waals surface area contributed by atoms with Gasteiger partial charge in [0.1, 0.15) is 23.2 Å². The number of pyridine rings is 1. The van der Waals surface area contributed by atoms with Crippen LogP contribution in [0.1, 0.15) is 23.7 Å². The van der Waals surface area contributed by atoms with Crippen LogP contribution in [0, 0.1) is 5.82 Å². The molecule has 0 saturated carbocycles. The van der Waals surface area contributed by atoms with Gasteiger partial charge >= 0.3 is 0 Å². The molecule has 1 aromatic carbocycles. The van der Waals surface area contributed by atoms with E-state index in [2.05, 4.69) is 25.4 Å². The predicted octanol–water partition coefficient (Wildman–Crippen LogP) is 2.97. The second kappa shape index (κ2) is 5.73. The Labute approximate surface area is 153 Å². The number of H-pyrrole nitrogens is 1. The monoisotopic (exact) mass is 362 g/mol. The van der Waals surface area contributed by atoms with Crippen LogP contribution in [0.3, 0.4) is 0 Å². The van der Waals surface area contributed by atoms with Crippen LogP contribution < -0.4 is 5.32 Å². The molecule has 4 aromatic rings. The lowest BCUT2D eigenvalue weighted by Gasteiger charge is -2.22. The van der Waals surface area contributed by atoms with Gasteiger partial charge in [-0.05, 0) is 30.3 Å². The summed E-state index contributed by atoms with van der Waals surface area (Å²) in [5.74, 6) is 0.459. The number of aryl methyl sites for hydroxylation is 1. The number of carbonyl (C=O) groups excluding carboxylic acids is 1. The Morgan fingerprint density at radius 2 is 2.15 bits per heavy atom. The quantitative estimate of drug-likeness (QED) is 0.574. The summed E-state index contributed by atoms with van der Waals surface area (Å²) in [4.78, 5) is 24.5. The Bertz CT molecular complexity index is 1180. The lowest BCUT2D eigenvalue weighted by Crippen LogP contribution is -2.25. The van der Waals surface area contributed by atoms with Crippen LogP contribution in [0.15, 0.2) is 42.6 Å². The highest BCUT2D eigenvalue weighted by atomic mass is 19.1. The number of carbonyl (C=O) groups is 1. The number of anilines is 1. The zero-order valence-electron chi connectivity index (χ0n) is 14.4. The highest BCUT2D eigenvalue weighted by Crippen LogP contribution is 2.41. The molecule has 1 aliphatic rings. The number of halogens is 1. The normalized spacial score (nSPS) is 16.4. The summed E-state index contributed by atoms with van der Waals surface area (Å²) in [5.41, 5.74) is 3.53. The van der Waals surface area contributed by atoms with Crippen molar-refractivity contribution in [3.05, 3.63) is 59.8 Å². The van der Waals surface area contributed by atoms with Crippen molar-refractivity contribution in [2.75, 3.05) is 5.32 Å². The van der Waals surface area contributed by atoms with Crippen LogP contribution in [0.5, 0.6) is 0 Å². The molecule has 27 heavy (non-hydrogen) atoms. The molecule has 1 atom stereocenters. The standard InChI is InChI=1S/C19H15FN6O/c1-26-19-16(17(25-26)13-4-2-3-7-21-13)11(9-15(27)24-19)18-22-12-6-5-10(20)8-14(12)23-18/h2-8,11H,9H2,1H3,(H,22,23)(H,24,27)/t11-/m1/s1. The second-order valence-electron chi connectivity index (χ2n) is 6.54. The molecule has 2 N–H and O–H groups in total. The van der Waals surface area contributed by atoms with Crippen LogP contribution in [-0.2, 0) is 11.8 Å². The third-order valence-electron chi connectivity index (χ3n) is 4.78. The van der Waals surface area contributed by atoms with Gasteiger partial charge in [-0.2, -0.15) is 5.10 Å². The number of aromatic nitrogens is 5. The minimum atomic E-state index is -0.338. The van der Waals surface area contributed by atoms with Gasteiger partial charge in [-0.3, -0.25) is 14.5 Å². The third-order valence-corrected chi connectivity index (χ3v) is 4.78. The fourth-order valence-corrected chi connectivity index (χ4v) is 3.58. The number of hydrogen-bond acceptors (Lipinski definition) is 4. The number of nitrogens with one attached hydrogen (secondary N) is 2. The summed E-state index contributed by atoms with van der Waals surface area (Å²) in [7, 11) is 1.78. The van der Waals surface area contributed by atoms with Crippen molar-refractivity contribution in [1.82, 2.24) is 24.7 Å². The average Bonchev–Trinajstić information content (AvgIpc) is 3.23. The number of benzene rings is 1. The molecule has 3 aromatic heterocycles. The van der Waals surface area contributed by atoms with Gasteiger partial charge < -0.3 is 10.3 Å². The molecule has 0 spiro atoms. The van der Waals surface area contributed by atoms with Crippen LogP contribution in [0.2, 0.25) is 0 Å². The summed E-state index contributed by atoms with van der Waals surface area (Å²) >= 11 is 0. The largest absolute Gasteiger partial charge is 0.341 e. The van der Waals surface area contributed by atoms with Crippen LogP contribution in [-0.4, -0.2) is 30.6 Å². The number of aromatic amines is 1. The van der Waals surface area contributed by atoms with Crippen LogP contribution in [0.25, 0.3) is 22.4 Å². The Morgan fingerprint density at radius 3 is 2.96 bits per heavy atom. The van der Waals surface area contributed by atoms with Gasteiger partial charge in [0.2, 0.25) is 5.91 Å². The molecule has 0 aliphatic carbocycles. The molecular weight excluding hydrogens is 347 g/mol. The molecule has 1 aliphatic heterocycles. The van der Waals surface area contributed by atoms with Crippen molar-refractivity contribution in [2.45, 2.75) is 12.3 Å². The summed E-state index contributed by atoms with van der Waals surface area (Å²) in [6.45, 7) is 0. The lowest BCUT2D eigenvalue weighted by atomic mass is 9.90. The fourth-order valence-electron chi connectivity index (χ4n) is 3.58. The number of amides is 1. The highest BCUT2D eigenvalue weighted by Gasteiger charge is 2.35. The maximum atomic E-state index is 13.5. The lowest BCUT2D eigenvalue weighted by molar-refractivity contribution is -0.116. The van der Waals surface area contributed by atoms with E-state index >= 15 is 0 Å². The third kappa shape index (κ3) is 2.49. The molecular formula is C19H15FN6O. The minimum absolute atomic E-state index is 0.116. The van der Waals surface area contributed by atoms with E-state index in [1.54, 1.807) is 24.0 Å². The van der Waals surface area contributed by atoms with Crippen molar-refractivity contribution in [3.8, 4) is 11.4 Å². The van der Waals surface area contributed by atoms with Gasteiger partial charge in [0, 0.05) is 25.2 Å². The van der Waals surface area contributed by atoms with Gasteiger partial charge in [-0.1, -0.05) is 6.07 Å². The van der Waals surface area contributed by atoms with E-state index in [9.17, 15) is 9.18 Å². The van der Waals surface area contributed by atoms with E-state index in [4.69, 9.17) is 0 Å². The van der Waals surface area contributed by atoms with E-state index < -0.39 is 0 Å². The maximum absolute atomic E-state index is 13.5. The summed E-state index contributed by atoms with van der Waals surface area (Å²) in [6, 6.07) is 10.0. The smallest absolute Gasteiger partial charge is 0.226 e. The first kappa shape index (κ1) is 15.7. The molecule has 7 nitrogen and oxygen atoms in total. The summed E-state index contributed by atoms with van der Waals surface area (Å²) < 4.78 is 15.2. The number of imidazole rings is 1. The van der Waals surface area contributed by atoms with E-state index in [0.29, 0.717) is 28.4 Å². The predicted molar refractivity (Wildman–Crippen MR) is 97.6 cm³/mol.